The zero-order valence-electron chi connectivity index (χ0n) is 16.2. The van der Waals surface area contributed by atoms with E-state index in [4.69, 9.17) is 4.52 Å². The number of hydrogen-bond acceptors (Lipinski definition) is 5. The van der Waals surface area contributed by atoms with Gasteiger partial charge in [0.05, 0.1) is 17.6 Å². The Kier molecular flexibility index (Phi) is 5.46. The second kappa shape index (κ2) is 8.06. The molecule has 0 bridgehead atoms. The molecule has 9 heteroatoms. The molecular formula is C21H20F3N3O3. The van der Waals surface area contributed by atoms with E-state index in [0.29, 0.717) is 16.6 Å². The Morgan fingerprint density at radius 3 is 2.70 bits per heavy atom. The molecule has 1 N–H and O–H groups in total. The largest absolute Gasteiger partial charge is 0.411 e. The van der Waals surface area contributed by atoms with Crippen LogP contribution in [0.25, 0.3) is 22.4 Å². The van der Waals surface area contributed by atoms with Gasteiger partial charge in [-0.1, -0.05) is 35.5 Å². The minimum Gasteiger partial charge on any atom is -0.370 e. The van der Waals surface area contributed by atoms with Crippen molar-refractivity contribution in [1.82, 2.24) is 15.5 Å². The maximum absolute atomic E-state index is 13.0. The molecule has 2 aromatic heterocycles. The van der Waals surface area contributed by atoms with Gasteiger partial charge in [-0.05, 0) is 25.8 Å². The number of alkyl halides is 3. The zero-order chi connectivity index (χ0) is 21.3. The molecule has 1 aromatic carbocycles. The van der Waals surface area contributed by atoms with Crippen LogP contribution >= 0.6 is 0 Å². The first-order valence-corrected chi connectivity index (χ1v) is 9.63. The van der Waals surface area contributed by atoms with Crippen LogP contribution in [0.2, 0.25) is 0 Å². The summed E-state index contributed by atoms with van der Waals surface area (Å²) in [6.45, 7) is -0.0350. The van der Waals surface area contributed by atoms with Crippen LogP contribution in [0.4, 0.5) is 13.2 Å². The highest BCUT2D eigenvalue weighted by molar-refractivity contribution is 6.09. The van der Waals surface area contributed by atoms with Gasteiger partial charge in [-0.2, -0.15) is 13.2 Å². The molecule has 30 heavy (non-hydrogen) atoms. The first kappa shape index (κ1) is 20.3. The fourth-order valence-electron chi connectivity index (χ4n) is 3.23. The summed E-state index contributed by atoms with van der Waals surface area (Å²) in [6.07, 6.45) is -2.44. The van der Waals surface area contributed by atoms with Gasteiger partial charge in [0, 0.05) is 23.2 Å². The molecule has 0 spiro atoms. The number of rotatable bonds is 7. The highest BCUT2D eigenvalue weighted by Crippen LogP contribution is 2.41. The first-order valence-electron chi connectivity index (χ1n) is 9.63. The van der Waals surface area contributed by atoms with Crippen molar-refractivity contribution in [1.29, 1.82) is 0 Å². The van der Waals surface area contributed by atoms with Crippen molar-refractivity contribution >= 4 is 17.0 Å². The lowest BCUT2D eigenvalue weighted by Crippen LogP contribution is -2.37. The molecular weight excluding hydrogens is 399 g/mol. The second-order valence-electron chi connectivity index (χ2n) is 7.45. The van der Waals surface area contributed by atoms with E-state index in [0.717, 1.165) is 24.1 Å². The van der Waals surface area contributed by atoms with E-state index in [1.54, 1.807) is 13.0 Å². The standard InChI is InChI=1S/C21H20F3N3O3/c1-12(10-29-11-21(22,23)24)25-19(28)15-9-16(13-7-8-13)26-20-17(15)18(27-30-20)14-5-3-2-4-6-14/h2-6,9,12-13H,7-8,10-11H2,1H3,(H,25,28). The Morgan fingerprint density at radius 1 is 1.30 bits per heavy atom. The monoisotopic (exact) mass is 419 g/mol. The highest BCUT2D eigenvalue weighted by atomic mass is 19.4. The number of hydrogen-bond donors (Lipinski definition) is 1. The van der Waals surface area contributed by atoms with E-state index in [2.05, 4.69) is 20.2 Å². The number of aromatic nitrogens is 2. The van der Waals surface area contributed by atoms with Gasteiger partial charge in [-0.15, -0.1) is 0 Å². The van der Waals surface area contributed by atoms with Crippen molar-refractivity contribution < 1.29 is 27.2 Å². The van der Waals surface area contributed by atoms with Gasteiger partial charge < -0.3 is 14.6 Å². The Hall–Kier alpha value is -2.94. The lowest BCUT2D eigenvalue weighted by molar-refractivity contribution is -0.174. The number of carbonyl (C=O) groups is 1. The van der Waals surface area contributed by atoms with Crippen LogP contribution in [0, 0.1) is 0 Å². The second-order valence-corrected chi connectivity index (χ2v) is 7.45. The average molecular weight is 419 g/mol. The van der Waals surface area contributed by atoms with E-state index < -0.39 is 24.7 Å². The van der Waals surface area contributed by atoms with Crippen molar-refractivity contribution in [3.63, 3.8) is 0 Å². The Labute approximate surface area is 170 Å². The van der Waals surface area contributed by atoms with Crippen molar-refractivity contribution in [3.05, 3.63) is 47.7 Å². The van der Waals surface area contributed by atoms with Gasteiger partial charge in [-0.25, -0.2) is 4.98 Å². The van der Waals surface area contributed by atoms with Crippen LogP contribution in [0.3, 0.4) is 0 Å². The van der Waals surface area contributed by atoms with E-state index in [1.807, 2.05) is 30.3 Å². The smallest absolute Gasteiger partial charge is 0.370 e. The Bertz CT molecular complexity index is 1050. The van der Waals surface area contributed by atoms with Crippen LogP contribution in [0.1, 0.15) is 41.7 Å². The van der Waals surface area contributed by atoms with E-state index >= 15 is 0 Å². The summed E-state index contributed by atoms with van der Waals surface area (Å²) >= 11 is 0. The summed E-state index contributed by atoms with van der Waals surface area (Å²) in [5, 5.41) is 7.30. The molecule has 1 aliphatic rings. The van der Waals surface area contributed by atoms with E-state index in [9.17, 15) is 18.0 Å². The molecule has 4 rings (SSSR count). The molecule has 1 aliphatic carbocycles. The molecule has 1 amide bonds. The summed E-state index contributed by atoms with van der Waals surface area (Å²) in [5.74, 6) is -0.161. The molecule has 1 saturated carbocycles. The fraction of sp³-hybridized carbons (Fsp3) is 0.381. The van der Waals surface area contributed by atoms with Gasteiger partial charge in [-0.3, -0.25) is 4.79 Å². The number of amides is 1. The van der Waals surface area contributed by atoms with Crippen LogP contribution in [0.5, 0.6) is 0 Å². The van der Waals surface area contributed by atoms with Crippen molar-refractivity contribution in [2.24, 2.45) is 0 Å². The molecule has 0 radical (unpaired) electrons. The normalized spacial score (nSPS) is 15.3. The molecule has 6 nitrogen and oxygen atoms in total. The minimum absolute atomic E-state index is 0.260. The summed E-state index contributed by atoms with van der Waals surface area (Å²) in [6, 6.07) is 10.4. The Balaban J connectivity index is 1.62. The molecule has 1 atom stereocenters. The molecule has 1 unspecified atom stereocenters. The van der Waals surface area contributed by atoms with Crippen LogP contribution in [0.15, 0.2) is 40.9 Å². The predicted octanol–water partition coefficient (Wildman–Crippen LogP) is 4.46. The molecule has 3 aromatic rings. The maximum atomic E-state index is 13.0. The number of ether oxygens (including phenoxy) is 1. The van der Waals surface area contributed by atoms with Crippen LogP contribution in [-0.2, 0) is 4.74 Å². The fourth-order valence-corrected chi connectivity index (χ4v) is 3.23. The number of halogens is 3. The first-order chi connectivity index (χ1) is 14.3. The van der Waals surface area contributed by atoms with Gasteiger partial charge in [0.2, 0.25) is 0 Å². The predicted molar refractivity (Wildman–Crippen MR) is 103 cm³/mol. The number of benzene rings is 1. The molecule has 158 valence electrons. The topological polar surface area (TPSA) is 77.2 Å². The Morgan fingerprint density at radius 2 is 2.03 bits per heavy atom. The molecule has 2 heterocycles. The molecule has 1 fully saturated rings. The SMILES string of the molecule is CC(COCC(F)(F)F)NC(=O)c1cc(C2CC2)nc2onc(-c3ccccc3)c12. The number of pyridine rings is 1. The third-order valence-electron chi connectivity index (χ3n) is 4.76. The van der Waals surface area contributed by atoms with Gasteiger partial charge in [0.25, 0.3) is 11.6 Å². The van der Waals surface area contributed by atoms with Crippen LogP contribution < -0.4 is 5.32 Å². The summed E-state index contributed by atoms with van der Waals surface area (Å²) in [7, 11) is 0. The maximum Gasteiger partial charge on any atom is 0.411 e. The number of nitrogens with zero attached hydrogens (tertiary/aromatic N) is 2. The van der Waals surface area contributed by atoms with Gasteiger partial charge in [0.15, 0.2) is 0 Å². The number of fused-ring (bicyclic) bond motifs is 1. The van der Waals surface area contributed by atoms with E-state index in [1.165, 1.54) is 0 Å². The number of nitrogens with one attached hydrogen (secondary N) is 1. The summed E-state index contributed by atoms with van der Waals surface area (Å²) < 4.78 is 46.9. The van der Waals surface area contributed by atoms with Gasteiger partial charge in [0.1, 0.15) is 12.3 Å². The lowest BCUT2D eigenvalue weighted by atomic mass is 10.0. The van der Waals surface area contributed by atoms with Crippen molar-refractivity contribution in [2.45, 2.75) is 37.9 Å². The third kappa shape index (κ3) is 4.62. The highest BCUT2D eigenvalue weighted by Gasteiger charge is 2.30. The van der Waals surface area contributed by atoms with E-state index in [-0.39, 0.29) is 18.2 Å². The molecule has 0 aliphatic heterocycles. The third-order valence-corrected chi connectivity index (χ3v) is 4.76. The minimum atomic E-state index is -4.41. The van der Waals surface area contributed by atoms with Crippen molar-refractivity contribution in [3.8, 4) is 11.3 Å². The summed E-state index contributed by atoms with van der Waals surface area (Å²) in [4.78, 5) is 17.5. The van der Waals surface area contributed by atoms with Crippen LogP contribution in [-0.4, -0.2) is 41.5 Å². The van der Waals surface area contributed by atoms with Crippen molar-refractivity contribution in [2.75, 3.05) is 13.2 Å². The lowest BCUT2D eigenvalue weighted by Gasteiger charge is -2.16. The quantitative estimate of drug-likeness (QED) is 0.612. The molecule has 0 saturated heterocycles. The zero-order valence-corrected chi connectivity index (χ0v) is 16.2. The van der Waals surface area contributed by atoms with Gasteiger partial charge >= 0.3 is 6.18 Å². The summed E-state index contributed by atoms with van der Waals surface area (Å²) in [5.41, 5.74) is 2.62. The average Bonchev–Trinajstić information content (AvgIpc) is 3.46. The number of carbonyl (C=O) groups excluding carboxylic acids is 1.